The second-order valence-electron chi connectivity index (χ2n) is 3.83. The van der Waals surface area contributed by atoms with E-state index >= 15 is 0 Å². The molecule has 0 bridgehead atoms. The van der Waals surface area contributed by atoms with Crippen molar-refractivity contribution in [1.29, 1.82) is 0 Å². The first kappa shape index (κ1) is 13.6. The van der Waals surface area contributed by atoms with E-state index < -0.39 is 0 Å². The van der Waals surface area contributed by atoms with Crippen molar-refractivity contribution >= 4 is 17.2 Å². The first-order valence-electron chi connectivity index (χ1n) is 6.36. The van der Waals surface area contributed by atoms with Gasteiger partial charge in [-0.3, -0.25) is 4.79 Å². The molecule has 1 aromatic heterocycles. The maximum Gasteiger partial charge on any atom is 0.261 e. The van der Waals surface area contributed by atoms with Crippen molar-refractivity contribution in [2.75, 3.05) is 7.05 Å². The predicted octanol–water partition coefficient (Wildman–Crippen LogP) is 3.69. The Kier molecular flexibility index (Phi) is 4.22. The van der Waals surface area contributed by atoms with Crippen LogP contribution in [-0.4, -0.2) is 13.0 Å². The molecular weight excluding hydrogens is 258 g/mol. The SMILES string of the molecule is CC.CNC(=O)c1cc2c(s1)-c1ccccc1OC2. The lowest BCUT2D eigenvalue weighted by Crippen LogP contribution is -2.16. The number of para-hydroxylation sites is 1. The third-order valence-electron chi connectivity index (χ3n) is 2.77. The topological polar surface area (TPSA) is 38.3 Å². The maximum absolute atomic E-state index is 11.6. The molecule has 0 radical (unpaired) electrons. The molecule has 19 heavy (non-hydrogen) atoms. The Morgan fingerprint density at radius 2 is 2.05 bits per heavy atom. The quantitative estimate of drug-likeness (QED) is 0.862. The van der Waals surface area contributed by atoms with Crippen molar-refractivity contribution in [3.8, 4) is 16.2 Å². The van der Waals surface area contributed by atoms with E-state index in [2.05, 4.69) is 5.32 Å². The van der Waals surface area contributed by atoms with Crippen molar-refractivity contribution in [3.63, 3.8) is 0 Å². The molecule has 4 heteroatoms. The maximum atomic E-state index is 11.6. The molecule has 1 aromatic carbocycles. The largest absolute Gasteiger partial charge is 0.488 e. The van der Waals surface area contributed by atoms with E-state index in [9.17, 15) is 4.79 Å². The highest BCUT2D eigenvalue weighted by atomic mass is 32.1. The van der Waals surface area contributed by atoms with Crippen LogP contribution < -0.4 is 10.1 Å². The molecule has 2 heterocycles. The summed E-state index contributed by atoms with van der Waals surface area (Å²) < 4.78 is 5.65. The number of ether oxygens (including phenoxy) is 1. The van der Waals surface area contributed by atoms with Crippen molar-refractivity contribution < 1.29 is 9.53 Å². The zero-order valence-electron chi connectivity index (χ0n) is 11.3. The highest BCUT2D eigenvalue weighted by molar-refractivity contribution is 7.17. The molecule has 2 aromatic rings. The Bertz CT molecular complexity index is 590. The normalized spacial score (nSPS) is 11.3. The summed E-state index contributed by atoms with van der Waals surface area (Å²) in [5, 5.41) is 2.65. The lowest BCUT2D eigenvalue weighted by atomic mass is 10.1. The summed E-state index contributed by atoms with van der Waals surface area (Å²) in [5.41, 5.74) is 2.17. The molecule has 0 saturated carbocycles. The number of hydrogen-bond donors (Lipinski definition) is 1. The molecule has 0 fully saturated rings. The molecule has 0 unspecified atom stereocenters. The van der Waals surface area contributed by atoms with Gasteiger partial charge in [-0.2, -0.15) is 0 Å². The lowest BCUT2D eigenvalue weighted by Gasteiger charge is -2.16. The van der Waals surface area contributed by atoms with Crippen molar-refractivity contribution in [2.24, 2.45) is 0 Å². The lowest BCUT2D eigenvalue weighted by molar-refractivity contribution is 0.0967. The average molecular weight is 275 g/mol. The molecule has 100 valence electrons. The Morgan fingerprint density at radius 3 is 2.79 bits per heavy atom. The summed E-state index contributed by atoms with van der Waals surface area (Å²) >= 11 is 1.52. The number of thiophene rings is 1. The van der Waals surface area contributed by atoms with Gasteiger partial charge in [0.05, 0.1) is 4.88 Å². The Morgan fingerprint density at radius 1 is 1.32 bits per heavy atom. The van der Waals surface area contributed by atoms with E-state index in [1.165, 1.54) is 11.3 Å². The second-order valence-corrected chi connectivity index (χ2v) is 4.88. The molecule has 1 aliphatic heterocycles. The van der Waals surface area contributed by atoms with Crippen LogP contribution in [0.5, 0.6) is 5.75 Å². The number of nitrogens with one attached hydrogen (secondary N) is 1. The summed E-state index contributed by atoms with van der Waals surface area (Å²) in [6, 6.07) is 9.83. The van der Waals surface area contributed by atoms with Crippen LogP contribution in [0.3, 0.4) is 0 Å². The number of benzene rings is 1. The van der Waals surface area contributed by atoms with Gasteiger partial charge in [-0.1, -0.05) is 26.0 Å². The van der Waals surface area contributed by atoms with Gasteiger partial charge in [0, 0.05) is 23.1 Å². The van der Waals surface area contributed by atoms with Crippen LogP contribution >= 0.6 is 11.3 Å². The standard InChI is InChI=1S/C13H11NO2S.C2H6/c1-14-13(15)11-6-8-7-16-10-5-3-2-4-9(10)12(8)17-11;1-2/h2-6H,7H2,1H3,(H,14,15);1-2H3. The van der Waals surface area contributed by atoms with Crippen LogP contribution in [0.25, 0.3) is 10.4 Å². The van der Waals surface area contributed by atoms with Gasteiger partial charge in [0.2, 0.25) is 0 Å². The summed E-state index contributed by atoms with van der Waals surface area (Å²) in [6.07, 6.45) is 0. The molecule has 0 atom stereocenters. The number of rotatable bonds is 1. The monoisotopic (exact) mass is 275 g/mol. The summed E-state index contributed by atoms with van der Waals surface area (Å²) in [6.45, 7) is 4.54. The number of amides is 1. The third kappa shape index (κ3) is 2.49. The van der Waals surface area contributed by atoms with Crippen LogP contribution in [0.15, 0.2) is 30.3 Å². The van der Waals surface area contributed by atoms with E-state index in [1.54, 1.807) is 7.05 Å². The number of hydrogen-bond acceptors (Lipinski definition) is 3. The fourth-order valence-electron chi connectivity index (χ4n) is 1.93. The molecule has 1 N–H and O–H groups in total. The van der Waals surface area contributed by atoms with Gasteiger partial charge in [0.15, 0.2) is 0 Å². The van der Waals surface area contributed by atoms with E-state index in [-0.39, 0.29) is 5.91 Å². The fourth-order valence-corrected chi connectivity index (χ4v) is 3.08. The minimum atomic E-state index is -0.0399. The van der Waals surface area contributed by atoms with E-state index in [0.717, 1.165) is 26.6 Å². The van der Waals surface area contributed by atoms with Crippen molar-refractivity contribution in [2.45, 2.75) is 20.5 Å². The summed E-state index contributed by atoms with van der Waals surface area (Å²) in [7, 11) is 1.64. The van der Waals surface area contributed by atoms with Gasteiger partial charge in [-0.25, -0.2) is 0 Å². The molecule has 1 aliphatic rings. The zero-order valence-corrected chi connectivity index (χ0v) is 12.1. The minimum Gasteiger partial charge on any atom is -0.488 e. The number of fused-ring (bicyclic) bond motifs is 3. The van der Waals surface area contributed by atoms with Gasteiger partial charge in [-0.05, 0) is 18.2 Å². The zero-order chi connectivity index (χ0) is 13.8. The summed E-state index contributed by atoms with van der Waals surface area (Å²) in [5.74, 6) is 0.854. The smallest absolute Gasteiger partial charge is 0.261 e. The van der Waals surface area contributed by atoms with Crippen molar-refractivity contribution in [3.05, 3.63) is 40.8 Å². The number of carbonyl (C=O) groups excluding carboxylic acids is 1. The average Bonchev–Trinajstić information content (AvgIpc) is 2.93. The first-order chi connectivity index (χ1) is 9.29. The van der Waals surface area contributed by atoms with Crippen LogP contribution in [0.4, 0.5) is 0 Å². The van der Waals surface area contributed by atoms with Crippen molar-refractivity contribution in [1.82, 2.24) is 5.32 Å². The van der Waals surface area contributed by atoms with Crippen LogP contribution in [-0.2, 0) is 6.61 Å². The first-order valence-corrected chi connectivity index (χ1v) is 7.18. The Balaban J connectivity index is 0.000000637. The van der Waals surface area contributed by atoms with Gasteiger partial charge in [0.25, 0.3) is 5.91 Å². The molecular formula is C15H17NO2S. The third-order valence-corrected chi connectivity index (χ3v) is 3.98. The molecule has 0 saturated heterocycles. The van der Waals surface area contributed by atoms with Crippen LogP contribution in [0, 0.1) is 0 Å². The van der Waals surface area contributed by atoms with Gasteiger partial charge < -0.3 is 10.1 Å². The van der Waals surface area contributed by atoms with Crippen LogP contribution in [0.2, 0.25) is 0 Å². The molecule has 0 aliphatic carbocycles. The highest BCUT2D eigenvalue weighted by Gasteiger charge is 2.21. The molecule has 3 nitrogen and oxygen atoms in total. The Labute approximate surface area is 117 Å². The second kappa shape index (κ2) is 5.89. The van der Waals surface area contributed by atoms with Gasteiger partial charge >= 0.3 is 0 Å². The minimum absolute atomic E-state index is 0.0399. The van der Waals surface area contributed by atoms with E-state index in [4.69, 9.17) is 4.74 Å². The summed E-state index contributed by atoms with van der Waals surface area (Å²) in [4.78, 5) is 13.5. The molecule has 0 spiro atoms. The van der Waals surface area contributed by atoms with Crippen LogP contribution in [0.1, 0.15) is 29.1 Å². The predicted molar refractivity (Wildman–Crippen MR) is 78.8 cm³/mol. The van der Waals surface area contributed by atoms with Gasteiger partial charge in [0.1, 0.15) is 12.4 Å². The highest BCUT2D eigenvalue weighted by Crippen LogP contribution is 2.42. The Hall–Kier alpha value is -1.81. The molecule has 3 rings (SSSR count). The van der Waals surface area contributed by atoms with Gasteiger partial charge in [-0.15, -0.1) is 11.3 Å². The number of carbonyl (C=O) groups is 1. The fraction of sp³-hybridized carbons (Fsp3) is 0.267. The molecule has 1 amide bonds. The van der Waals surface area contributed by atoms with E-state index in [1.807, 2.05) is 44.2 Å². The van der Waals surface area contributed by atoms with E-state index in [0.29, 0.717) is 6.61 Å².